The Morgan fingerprint density at radius 2 is 2.11 bits per heavy atom. The number of nitrogens with two attached hydrogens (primary N) is 1. The predicted molar refractivity (Wildman–Crippen MR) is 73.2 cm³/mol. The van der Waals surface area contributed by atoms with E-state index in [4.69, 9.17) is 5.73 Å². The molecule has 0 aliphatic rings. The molecule has 0 unspecified atom stereocenters. The van der Waals surface area contributed by atoms with Crippen molar-refractivity contribution in [2.45, 2.75) is 20.0 Å². The van der Waals surface area contributed by atoms with Gasteiger partial charge in [0.25, 0.3) is 0 Å². The molecule has 18 heavy (non-hydrogen) atoms. The lowest BCUT2D eigenvalue weighted by Crippen LogP contribution is -2.20. The second-order valence-corrected chi connectivity index (χ2v) is 4.36. The largest absolute Gasteiger partial charge is 0.355 e. The van der Waals surface area contributed by atoms with Gasteiger partial charge in [0.1, 0.15) is 5.82 Å². The van der Waals surface area contributed by atoms with Crippen LogP contribution in [0.3, 0.4) is 0 Å². The van der Waals surface area contributed by atoms with Crippen molar-refractivity contribution in [3.05, 3.63) is 53.5 Å². The molecular formula is C14H18N4. The first-order chi connectivity index (χ1) is 8.70. The lowest BCUT2D eigenvalue weighted by Gasteiger charge is -2.21. The monoisotopic (exact) mass is 242 g/mol. The third-order valence-corrected chi connectivity index (χ3v) is 2.82. The number of hydrogen-bond acceptors (Lipinski definition) is 4. The van der Waals surface area contributed by atoms with Gasteiger partial charge in [-0.25, -0.2) is 4.98 Å². The molecule has 2 aromatic heterocycles. The Hall–Kier alpha value is -1.94. The summed E-state index contributed by atoms with van der Waals surface area (Å²) in [6.07, 6.45) is 3.65. The van der Waals surface area contributed by atoms with Crippen molar-refractivity contribution >= 4 is 5.82 Å². The van der Waals surface area contributed by atoms with E-state index >= 15 is 0 Å². The second kappa shape index (κ2) is 5.60. The quantitative estimate of drug-likeness (QED) is 0.889. The van der Waals surface area contributed by atoms with Crippen LogP contribution in [0.15, 0.2) is 36.7 Å². The van der Waals surface area contributed by atoms with Crippen LogP contribution < -0.4 is 10.6 Å². The minimum atomic E-state index is 0.500. The molecular weight excluding hydrogens is 224 g/mol. The molecule has 4 heteroatoms. The molecule has 2 rings (SSSR count). The van der Waals surface area contributed by atoms with Crippen LogP contribution in [0.4, 0.5) is 5.82 Å². The van der Waals surface area contributed by atoms with E-state index in [1.165, 1.54) is 0 Å². The fraction of sp³-hybridized carbons (Fsp3) is 0.286. The van der Waals surface area contributed by atoms with Crippen molar-refractivity contribution in [1.29, 1.82) is 0 Å². The highest BCUT2D eigenvalue weighted by molar-refractivity contribution is 5.47. The van der Waals surface area contributed by atoms with Crippen LogP contribution in [-0.2, 0) is 13.1 Å². The highest BCUT2D eigenvalue weighted by Crippen LogP contribution is 2.18. The molecule has 0 radical (unpaired) electrons. The summed E-state index contributed by atoms with van der Waals surface area (Å²) in [6, 6.07) is 8.03. The maximum atomic E-state index is 5.75. The molecule has 0 aromatic carbocycles. The van der Waals surface area contributed by atoms with Crippen LogP contribution in [0.25, 0.3) is 0 Å². The Kier molecular flexibility index (Phi) is 3.89. The van der Waals surface area contributed by atoms with E-state index in [0.29, 0.717) is 6.54 Å². The maximum absolute atomic E-state index is 5.75. The topological polar surface area (TPSA) is 55.0 Å². The first-order valence-corrected chi connectivity index (χ1v) is 5.97. The van der Waals surface area contributed by atoms with Gasteiger partial charge in [0.15, 0.2) is 0 Å². The van der Waals surface area contributed by atoms with Gasteiger partial charge in [-0.3, -0.25) is 4.98 Å². The van der Waals surface area contributed by atoms with Crippen LogP contribution in [0.2, 0.25) is 0 Å². The lowest BCUT2D eigenvalue weighted by molar-refractivity contribution is 0.866. The van der Waals surface area contributed by atoms with Gasteiger partial charge in [0.05, 0.1) is 0 Å². The maximum Gasteiger partial charge on any atom is 0.133 e. The number of rotatable bonds is 4. The third-order valence-electron chi connectivity index (χ3n) is 2.82. The zero-order chi connectivity index (χ0) is 13.0. The van der Waals surface area contributed by atoms with E-state index in [-0.39, 0.29) is 0 Å². The normalized spacial score (nSPS) is 10.4. The molecule has 0 spiro atoms. The standard InChI is InChI=1S/C14H18N4/c1-11-5-6-13(8-15)14(17-11)18(2)10-12-4-3-7-16-9-12/h3-7,9H,8,10,15H2,1-2H3. The molecule has 0 aliphatic carbocycles. The molecule has 4 nitrogen and oxygen atoms in total. The number of aromatic nitrogens is 2. The Balaban J connectivity index is 2.23. The number of anilines is 1. The van der Waals surface area contributed by atoms with Crippen LogP contribution in [0.1, 0.15) is 16.8 Å². The van der Waals surface area contributed by atoms with E-state index in [2.05, 4.69) is 20.9 Å². The molecule has 0 saturated heterocycles. The van der Waals surface area contributed by atoms with Gasteiger partial charge in [-0.05, 0) is 24.6 Å². The fourth-order valence-electron chi connectivity index (χ4n) is 1.90. The molecule has 2 aromatic rings. The summed E-state index contributed by atoms with van der Waals surface area (Å²) >= 11 is 0. The van der Waals surface area contributed by atoms with Gasteiger partial charge in [-0.2, -0.15) is 0 Å². The van der Waals surface area contributed by atoms with E-state index in [1.807, 2.05) is 38.4 Å². The molecule has 0 amide bonds. The average Bonchev–Trinajstić information content (AvgIpc) is 2.40. The van der Waals surface area contributed by atoms with Gasteiger partial charge < -0.3 is 10.6 Å². The Morgan fingerprint density at radius 1 is 1.28 bits per heavy atom. The van der Waals surface area contributed by atoms with Crippen molar-refractivity contribution in [2.24, 2.45) is 5.73 Å². The molecule has 2 heterocycles. The number of aryl methyl sites for hydroxylation is 1. The second-order valence-electron chi connectivity index (χ2n) is 4.36. The van der Waals surface area contributed by atoms with Gasteiger partial charge in [0, 0.05) is 43.8 Å². The molecule has 0 atom stereocenters. The minimum absolute atomic E-state index is 0.500. The van der Waals surface area contributed by atoms with Gasteiger partial charge >= 0.3 is 0 Å². The Morgan fingerprint density at radius 3 is 2.78 bits per heavy atom. The van der Waals surface area contributed by atoms with Crippen LogP contribution in [0, 0.1) is 6.92 Å². The average molecular weight is 242 g/mol. The summed E-state index contributed by atoms with van der Waals surface area (Å²) < 4.78 is 0. The molecule has 0 aliphatic heterocycles. The number of nitrogens with zero attached hydrogens (tertiary/aromatic N) is 3. The molecule has 0 saturated carbocycles. The predicted octanol–water partition coefficient (Wildman–Crippen LogP) is 1.88. The van der Waals surface area contributed by atoms with E-state index in [0.717, 1.165) is 29.2 Å². The summed E-state index contributed by atoms with van der Waals surface area (Å²) in [5, 5.41) is 0. The van der Waals surface area contributed by atoms with Crippen LogP contribution in [-0.4, -0.2) is 17.0 Å². The summed E-state index contributed by atoms with van der Waals surface area (Å²) in [7, 11) is 2.02. The zero-order valence-corrected chi connectivity index (χ0v) is 10.8. The Labute approximate surface area is 107 Å². The smallest absolute Gasteiger partial charge is 0.133 e. The zero-order valence-electron chi connectivity index (χ0n) is 10.8. The SMILES string of the molecule is Cc1ccc(CN)c(N(C)Cc2cccnc2)n1. The minimum Gasteiger partial charge on any atom is -0.355 e. The lowest BCUT2D eigenvalue weighted by atomic mass is 10.2. The number of pyridine rings is 2. The molecule has 94 valence electrons. The van der Waals surface area contributed by atoms with E-state index in [1.54, 1.807) is 6.20 Å². The summed E-state index contributed by atoms with van der Waals surface area (Å²) in [4.78, 5) is 10.8. The highest BCUT2D eigenvalue weighted by atomic mass is 15.2. The van der Waals surface area contributed by atoms with Gasteiger partial charge in [-0.15, -0.1) is 0 Å². The van der Waals surface area contributed by atoms with Crippen molar-refractivity contribution in [3.8, 4) is 0 Å². The fourth-order valence-corrected chi connectivity index (χ4v) is 1.90. The van der Waals surface area contributed by atoms with E-state index in [9.17, 15) is 0 Å². The van der Waals surface area contributed by atoms with Crippen molar-refractivity contribution in [3.63, 3.8) is 0 Å². The van der Waals surface area contributed by atoms with Gasteiger partial charge in [0.2, 0.25) is 0 Å². The van der Waals surface area contributed by atoms with Crippen LogP contribution in [0.5, 0.6) is 0 Å². The number of hydrogen-bond donors (Lipinski definition) is 1. The van der Waals surface area contributed by atoms with Gasteiger partial charge in [-0.1, -0.05) is 12.1 Å². The Bertz CT molecular complexity index is 510. The van der Waals surface area contributed by atoms with Crippen molar-refractivity contribution in [1.82, 2.24) is 9.97 Å². The first-order valence-electron chi connectivity index (χ1n) is 5.97. The summed E-state index contributed by atoms with van der Waals surface area (Å²) in [5.74, 6) is 0.946. The molecule has 2 N–H and O–H groups in total. The van der Waals surface area contributed by atoms with Crippen LogP contribution >= 0.6 is 0 Å². The molecule has 0 bridgehead atoms. The third kappa shape index (κ3) is 2.84. The summed E-state index contributed by atoms with van der Waals surface area (Å²) in [5.41, 5.74) is 8.97. The summed E-state index contributed by atoms with van der Waals surface area (Å²) in [6.45, 7) is 3.26. The van der Waals surface area contributed by atoms with Crippen molar-refractivity contribution in [2.75, 3.05) is 11.9 Å². The molecule has 0 fully saturated rings. The van der Waals surface area contributed by atoms with Crippen molar-refractivity contribution < 1.29 is 0 Å². The van der Waals surface area contributed by atoms with E-state index < -0.39 is 0 Å². The highest BCUT2D eigenvalue weighted by Gasteiger charge is 2.09. The first kappa shape index (κ1) is 12.5.